The summed E-state index contributed by atoms with van der Waals surface area (Å²) < 4.78 is 0. The number of fused-ring (bicyclic) bond motifs is 2. The summed E-state index contributed by atoms with van der Waals surface area (Å²) in [7, 11) is 0. The number of rotatable bonds is 3. The Morgan fingerprint density at radius 1 is 1.38 bits per heavy atom. The Hall–Kier alpha value is -0.590. The fraction of sp³-hybridized carbons (Fsp3) is 0.800. The predicted octanol–water partition coefficient (Wildman–Crippen LogP) is 3.84. The van der Waals surface area contributed by atoms with Crippen LogP contribution in [0.25, 0.3) is 0 Å². The molecule has 2 bridgehead atoms. The molecule has 16 heavy (non-hydrogen) atoms. The highest BCUT2D eigenvalue weighted by molar-refractivity contribution is 5.71. The van der Waals surface area contributed by atoms with Crippen molar-refractivity contribution < 1.29 is 4.79 Å². The molecule has 4 atom stereocenters. The maximum Gasteiger partial charge on any atom is 0.145 e. The van der Waals surface area contributed by atoms with Gasteiger partial charge >= 0.3 is 0 Å². The predicted molar refractivity (Wildman–Crippen MR) is 67.1 cm³/mol. The third kappa shape index (κ3) is 1.74. The van der Waals surface area contributed by atoms with Crippen LogP contribution < -0.4 is 0 Å². The molecule has 3 fully saturated rings. The molecule has 0 radical (unpaired) electrons. The maximum absolute atomic E-state index is 10.6. The van der Waals surface area contributed by atoms with Gasteiger partial charge in [-0.1, -0.05) is 26.8 Å². The van der Waals surface area contributed by atoms with E-state index < -0.39 is 0 Å². The molecule has 3 rings (SSSR count). The van der Waals surface area contributed by atoms with Crippen molar-refractivity contribution in [3.63, 3.8) is 0 Å². The van der Waals surface area contributed by atoms with Gasteiger partial charge in [0.1, 0.15) is 6.29 Å². The smallest absolute Gasteiger partial charge is 0.145 e. The van der Waals surface area contributed by atoms with Gasteiger partial charge < -0.3 is 0 Å². The summed E-state index contributed by atoms with van der Waals surface area (Å²) in [5, 5.41) is 0. The first-order chi connectivity index (χ1) is 7.46. The minimum absolute atomic E-state index is 0.583. The van der Waals surface area contributed by atoms with E-state index in [0.29, 0.717) is 5.41 Å². The van der Waals surface area contributed by atoms with E-state index in [1.807, 2.05) is 6.92 Å². The summed E-state index contributed by atoms with van der Waals surface area (Å²) in [6, 6.07) is 0. The molecule has 0 unspecified atom stereocenters. The Balaban J connectivity index is 1.98. The fourth-order valence-electron chi connectivity index (χ4n) is 3.95. The van der Waals surface area contributed by atoms with Crippen molar-refractivity contribution in [2.45, 2.75) is 47.0 Å². The molecule has 0 aliphatic heterocycles. The molecule has 1 heteroatoms. The van der Waals surface area contributed by atoms with E-state index in [-0.39, 0.29) is 0 Å². The van der Waals surface area contributed by atoms with E-state index >= 15 is 0 Å². The van der Waals surface area contributed by atoms with Crippen LogP contribution in [0, 0.1) is 29.1 Å². The number of hydrogen-bond donors (Lipinski definition) is 0. The largest absolute Gasteiger partial charge is 0.298 e. The van der Waals surface area contributed by atoms with Crippen LogP contribution in [0.1, 0.15) is 47.0 Å². The van der Waals surface area contributed by atoms with Crippen molar-refractivity contribution in [3.05, 3.63) is 11.6 Å². The zero-order chi connectivity index (χ0) is 11.9. The molecule has 0 aromatic heterocycles. The zero-order valence-electron chi connectivity index (χ0n) is 11.0. The molecule has 90 valence electrons. The minimum atomic E-state index is 0.583. The van der Waals surface area contributed by atoms with Gasteiger partial charge in [-0.2, -0.15) is 0 Å². The van der Waals surface area contributed by atoms with Crippen LogP contribution in [-0.4, -0.2) is 6.29 Å². The molecule has 0 aromatic carbocycles. The summed E-state index contributed by atoms with van der Waals surface area (Å²) in [4.78, 5) is 10.6. The van der Waals surface area contributed by atoms with Gasteiger partial charge in [-0.15, -0.1) is 0 Å². The first kappa shape index (κ1) is 11.9. The molecule has 3 aliphatic carbocycles. The second kappa shape index (κ2) is 4.01. The van der Waals surface area contributed by atoms with E-state index in [9.17, 15) is 4.79 Å². The Morgan fingerprint density at radius 3 is 2.56 bits per heavy atom. The summed E-state index contributed by atoms with van der Waals surface area (Å²) in [6.07, 6.45) is 7.02. The molecule has 0 N–H and O–H groups in total. The van der Waals surface area contributed by atoms with Gasteiger partial charge in [0.25, 0.3) is 0 Å². The average Bonchev–Trinajstić information content (AvgIpc) is 2.26. The second-order valence-electron chi connectivity index (χ2n) is 6.52. The fourth-order valence-corrected chi connectivity index (χ4v) is 3.95. The van der Waals surface area contributed by atoms with Crippen LogP contribution in [0.4, 0.5) is 0 Å². The number of allylic oxidation sites excluding steroid dienone is 2. The standard InChI is InChI=1S/C15H24O/c1-10(9-16)5-6-12-7-13-8-14(11(12)2)15(13,3)4/h5,9,11-14H,6-8H2,1-4H3/b10-5+/t11-,12+,13+,14+/m1/s1. The number of carbonyl (C=O) groups is 1. The lowest BCUT2D eigenvalue weighted by molar-refractivity contribution is -0.127. The molecule has 0 saturated heterocycles. The topological polar surface area (TPSA) is 17.1 Å². The van der Waals surface area contributed by atoms with Crippen molar-refractivity contribution in [2.75, 3.05) is 0 Å². The van der Waals surface area contributed by atoms with Gasteiger partial charge in [0.05, 0.1) is 0 Å². The molecular formula is C15H24O. The van der Waals surface area contributed by atoms with E-state index in [1.165, 1.54) is 12.8 Å². The van der Waals surface area contributed by atoms with Crippen LogP contribution in [0.5, 0.6) is 0 Å². The van der Waals surface area contributed by atoms with Gasteiger partial charge in [-0.05, 0) is 60.8 Å². The van der Waals surface area contributed by atoms with E-state index in [0.717, 1.165) is 42.0 Å². The van der Waals surface area contributed by atoms with E-state index in [2.05, 4.69) is 26.8 Å². The molecule has 0 aromatic rings. The van der Waals surface area contributed by atoms with Crippen molar-refractivity contribution in [1.82, 2.24) is 0 Å². The highest BCUT2D eigenvalue weighted by Gasteiger charge is 2.55. The monoisotopic (exact) mass is 220 g/mol. The van der Waals surface area contributed by atoms with Crippen LogP contribution >= 0.6 is 0 Å². The van der Waals surface area contributed by atoms with Crippen molar-refractivity contribution in [2.24, 2.45) is 29.1 Å². The summed E-state index contributed by atoms with van der Waals surface area (Å²) >= 11 is 0. The molecular weight excluding hydrogens is 196 g/mol. The molecule has 0 amide bonds. The summed E-state index contributed by atoms with van der Waals surface area (Å²) in [6.45, 7) is 9.19. The zero-order valence-corrected chi connectivity index (χ0v) is 11.0. The Kier molecular flexibility index (Phi) is 2.98. The Bertz CT molecular complexity index is 313. The minimum Gasteiger partial charge on any atom is -0.298 e. The quantitative estimate of drug-likeness (QED) is 0.521. The Labute approximate surface area is 99.3 Å². The lowest BCUT2D eigenvalue weighted by Crippen LogP contribution is -2.54. The van der Waals surface area contributed by atoms with Crippen molar-refractivity contribution in [1.29, 1.82) is 0 Å². The first-order valence-electron chi connectivity index (χ1n) is 6.58. The molecule has 0 spiro atoms. The third-order valence-electron chi connectivity index (χ3n) is 5.44. The van der Waals surface area contributed by atoms with Crippen molar-refractivity contribution >= 4 is 6.29 Å². The average molecular weight is 220 g/mol. The van der Waals surface area contributed by atoms with Gasteiger partial charge in [-0.25, -0.2) is 0 Å². The highest BCUT2D eigenvalue weighted by atomic mass is 16.1. The van der Waals surface area contributed by atoms with Crippen LogP contribution in [0.3, 0.4) is 0 Å². The molecule has 1 nitrogen and oxygen atoms in total. The van der Waals surface area contributed by atoms with Gasteiger partial charge in [0, 0.05) is 0 Å². The number of hydrogen-bond acceptors (Lipinski definition) is 1. The molecule has 0 heterocycles. The normalized spacial score (nSPS) is 41.4. The van der Waals surface area contributed by atoms with Gasteiger partial charge in [0.15, 0.2) is 0 Å². The molecule has 3 saturated carbocycles. The SMILES string of the molecule is C/C(C=O)=C\C[C@H]1C[C@H]2C[C@@H]([C@@H]1C)C2(C)C. The second-order valence-corrected chi connectivity index (χ2v) is 6.52. The number of aldehydes is 1. The van der Waals surface area contributed by atoms with Gasteiger partial charge in [-0.3, -0.25) is 4.79 Å². The van der Waals surface area contributed by atoms with Crippen LogP contribution in [0.2, 0.25) is 0 Å². The number of carbonyl (C=O) groups excluding carboxylic acids is 1. The van der Waals surface area contributed by atoms with Gasteiger partial charge in [0.2, 0.25) is 0 Å². The lowest BCUT2D eigenvalue weighted by atomic mass is 9.43. The summed E-state index contributed by atoms with van der Waals surface area (Å²) in [5.74, 6) is 3.49. The Morgan fingerprint density at radius 2 is 2.06 bits per heavy atom. The van der Waals surface area contributed by atoms with E-state index in [1.54, 1.807) is 0 Å². The third-order valence-corrected chi connectivity index (χ3v) is 5.44. The van der Waals surface area contributed by atoms with Crippen LogP contribution in [0.15, 0.2) is 11.6 Å². The van der Waals surface area contributed by atoms with E-state index in [4.69, 9.17) is 0 Å². The lowest BCUT2D eigenvalue weighted by Gasteiger charge is -2.62. The highest BCUT2D eigenvalue weighted by Crippen LogP contribution is 2.63. The molecule has 3 aliphatic rings. The summed E-state index contributed by atoms with van der Waals surface area (Å²) in [5.41, 5.74) is 1.48. The first-order valence-corrected chi connectivity index (χ1v) is 6.58. The van der Waals surface area contributed by atoms with Crippen LogP contribution in [-0.2, 0) is 4.79 Å². The maximum atomic E-state index is 10.6. The van der Waals surface area contributed by atoms with Crippen molar-refractivity contribution in [3.8, 4) is 0 Å².